The summed E-state index contributed by atoms with van der Waals surface area (Å²) in [5.74, 6) is -0.264. The zero-order chi connectivity index (χ0) is 82.4. The van der Waals surface area contributed by atoms with Crippen molar-refractivity contribution in [3.8, 4) is 0 Å². The fourth-order valence-corrected chi connectivity index (χ4v) is 17.1. The van der Waals surface area contributed by atoms with Gasteiger partial charge in [0.2, 0.25) is 5.91 Å². The number of nitrogens with one attached hydrogen (secondary N) is 1. The number of allylic oxidation sites excluding steroid dienone is 1. The van der Waals surface area contributed by atoms with Gasteiger partial charge in [-0.1, -0.05) is 443 Å². The van der Waals surface area contributed by atoms with Crippen LogP contribution >= 0.6 is 0 Å². The third kappa shape index (κ3) is 52.8. The van der Waals surface area contributed by atoms with E-state index in [1.54, 1.807) is 6.08 Å². The Morgan fingerprint density at radius 1 is 0.307 bits per heavy atom. The topological polar surface area (TPSA) is 307 Å². The van der Waals surface area contributed by atoms with E-state index in [9.17, 15) is 61.0 Å². The van der Waals surface area contributed by atoms with Crippen molar-refractivity contribution in [3.05, 3.63) is 12.2 Å². The lowest BCUT2D eigenvalue weighted by Crippen LogP contribution is -2.66. The third-order valence-electron chi connectivity index (χ3n) is 24.8. The van der Waals surface area contributed by atoms with Crippen LogP contribution in [0.25, 0.3) is 0 Å². The number of ether oxygens (including phenoxy) is 6. The highest BCUT2D eigenvalue weighted by molar-refractivity contribution is 5.76. The van der Waals surface area contributed by atoms with E-state index in [-0.39, 0.29) is 18.9 Å². The van der Waals surface area contributed by atoms with Gasteiger partial charge in [-0.25, -0.2) is 0 Å². The van der Waals surface area contributed by atoms with Gasteiger partial charge in [0.25, 0.3) is 0 Å². The molecule has 0 bridgehead atoms. The standard InChI is InChI=1S/C95H183NO18/c1-3-5-7-9-11-13-15-17-19-21-23-25-27-29-31-33-34-35-36-37-38-39-40-41-42-43-44-45-47-49-51-53-55-57-59-61-63-65-67-69-71-73-83(101)96-78(79(100)72-70-68-66-64-62-60-58-56-54-52-50-48-46-32-30-28-26-24-22-20-18-16-14-12-10-8-6-4-2)77-109-93-89(107)86(104)91(81(75-98)111-93)114-95-90(108)87(105)92(82(76-99)112-95)113-94-88(106)85(103)84(102)80(74-97)110-94/h70,72,78-82,84-95,97-100,102-108H,3-69,71,73-77H2,1-2H3,(H,96,101)/b72-70+. The van der Waals surface area contributed by atoms with Crippen LogP contribution in [0.15, 0.2) is 12.2 Å². The van der Waals surface area contributed by atoms with E-state index < -0.39 is 124 Å². The number of aliphatic hydroxyl groups is 11. The van der Waals surface area contributed by atoms with Gasteiger partial charge in [0.15, 0.2) is 18.9 Å². The number of hydrogen-bond acceptors (Lipinski definition) is 18. The SMILES string of the molecule is CCCCCCCCCCCCCCCCCCCCCCCCCCCC/C=C/C(O)C(COC1OC(CO)C(OC2OC(CO)C(OC3OC(CO)C(O)C(O)C3O)C(O)C2O)C(O)C1O)NC(=O)CCCCCCCCCCCCCCCCCCCCCCCCCCCCCCCCCCCCCCCCCCC. The van der Waals surface area contributed by atoms with Crippen LogP contribution in [0.3, 0.4) is 0 Å². The molecule has 676 valence electrons. The maximum atomic E-state index is 13.5. The molecule has 1 amide bonds. The highest BCUT2D eigenvalue weighted by Crippen LogP contribution is 2.34. The van der Waals surface area contributed by atoms with Crippen LogP contribution in [-0.2, 0) is 33.2 Å². The molecule has 0 aromatic rings. The Balaban J connectivity index is 1.28. The summed E-state index contributed by atoms with van der Waals surface area (Å²) in [4.78, 5) is 13.5. The van der Waals surface area contributed by atoms with E-state index in [0.717, 1.165) is 44.9 Å². The van der Waals surface area contributed by atoms with Crippen LogP contribution in [0, 0.1) is 0 Å². The molecule has 19 heteroatoms. The van der Waals surface area contributed by atoms with Crippen molar-refractivity contribution in [1.29, 1.82) is 0 Å². The number of carbonyl (C=O) groups is 1. The molecule has 0 saturated carbocycles. The van der Waals surface area contributed by atoms with Crippen molar-refractivity contribution in [2.24, 2.45) is 0 Å². The maximum absolute atomic E-state index is 13.5. The maximum Gasteiger partial charge on any atom is 0.220 e. The Morgan fingerprint density at radius 2 is 0.544 bits per heavy atom. The Kier molecular flexibility index (Phi) is 70.5. The molecule has 3 aliphatic rings. The first-order valence-corrected chi connectivity index (χ1v) is 48.9. The summed E-state index contributed by atoms with van der Waals surface area (Å²) in [6.45, 7) is 1.83. The van der Waals surface area contributed by atoms with Gasteiger partial charge in [0.05, 0.1) is 38.6 Å². The predicted octanol–water partition coefficient (Wildman–Crippen LogP) is 19.8. The molecule has 3 aliphatic heterocycles. The van der Waals surface area contributed by atoms with Crippen molar-refractivity contribution in [2.45, 2.75) is 561 Å². The Labute approximate surface area is 696 Å². The monoisotopic (exact) mass is 1630 g/mol. The third-order valence-corrected chi connectivity index (χ3v) is 24.8. The molecule has 17 unspecified atom stereocenters. The lowest BCUT2D eigenvalue weighted by molar-refractivity contribution is -0.379. The molecule has 19 nitrogen and oxygen atoms in total. The normalized spacial score (nSPS) is 24.7. The van der Waals surface area contributed by atoms with Gasteiger partial charge < -0.3 is 89.9 Å². The van der Waals surface area contributed by atoms with Crippen LogP contribution in [0.4, 0.5) is 0 Å². The summed E-state index contributed by atoms with van der Waals surface area (Å²) in [5.41, 5.74) is 0. The van der Waals surface area contributed by atoms with E-state index in [1.807, 2.05) is 6.08 Å². The number of unbranched alkanes of at least 4 members (excludes halogenated alkanes) is 66. The highest BCUT2D eigenvalue weighted by Gasteiger charge is 2.54. The summed E-state index contributed by atoms with van der Waals surface area (Å²) in [7, 11) is 0. The number of hydrogen-bond donors (Lipinski definition) is 12. The Morgan fingerprint density at radius 3 is 0.825 bits per heavy atom. The number of rotatable bonds is 82. The van der Waals surface area contributed by atoms with Crippen molar-refractivity contribution in [2.75, 3.05) is 26.4 Å². The zero-order valence-electron chi connectivity index (χ0n) is 73.4. The average Bonchev–Trinajstić information content (AvgIpc) is 0.779. The lowest BCUT2D eigenvalue weighted by Gasteiger charge is -2.48. The predicted molar refractivity (Wildman–Crippen MR) is 462 cm³/mol. The Bertz CT molecular complexity index is 2100. The molecule has 3 rings (SSSR count). The summed E-state index contributed by atoms with van der Waals surface area (Å²) < 4.78 is 34.6. The van der Waals surface area contributed by atoms with Crippen LogP contribution in [0.5, 0.6) is 0 Å². The minimum absolute atomic E-state index is 0.251. The molecular formula is C95H183NO18. The van der Waals surface area contributed by atoms with Gasteiger partial charge in [-0.15, -0.1) is 0 Å². The van der Waals surface area contributed by atoms with E-state index in [4.69, 9.17) is 28.4 Å². The highest BCUT2D eigenvalue weighted by atomic mass is 16.8. The lowest BCUT2D eigenvalue weighted by atomic mass is 9.96. The van der Waals surface area contributed by atoms with Gasteiger partial charge in [0, 0.05) is 6.42 Å². The molecule has 17 atom stereocenters. The van der Waals surface area contributed by atoms with Crippen molar-refractivity contribution >= 4 is 5.91 Å². The number of aliphatic hydroxyl groups excluding tert-OH is 11. The van der Waals surface area contributed by atoms with Gasteiger partial charge in [-0.3, -0.25) is 4.79 Å². The molecule has 0 aromatic carbocycles. The van der Waals surface area contributed by atoms with Gasteiger partial charge in [-0.05, 0) is 19.3 Å². The smallest absolute Gasteiger partial charge is 0.220 e. The van der Waals surface area contributed by atoms with Crippen molar-refractivity contribution in [3.63, 3.8) is 0 Å². The van der Waals surface area contributed by atoms with Crippen LogP contribution in [0.1, 0.15) is 457 Å². The molecule has 0 spiro atoms. The molecule has 3 fully saturated rings. The fraction of sp³-hybridized carbons (Fsp3) is 0.968. The molecule has 114 heavy (non-hydrogen) atoms. The van der Waals surface area contributed by atoms with E-state index in [0.29, 0.717) is 6.42 Å². The average molecular weight is 1630 g/mol. The second-order valence-corrected chi connectivity index (χ2v) is 35.3. The van der Waals surface area contributed by atoms with Gasteiger partial charge in [0.1, 0.15) is 73.2 Å². The summed E-state index contributed by atoms with van der Waals surface area (Å²) >= 11 is 0. The van der Waals surface area contributed by atoms with Gasteiger partial charge >= 0.3 is 0 Å². The summed E-state index contributed by atoms with van der Waals surface area (Å²) in [6, 6.07) is -0.972. The molecular weight excluding hydrogens is 1440 g/mol. The van der Waals surface area contributed by atoms with Crippen molar-refractivity contribution in [1.82, 2.24) is 5.32 Å². The Hall–Kier alpha value is -1.47. The van der Waals surface area contributed by atoms with Crippen LogP contribution in [0.2, 0.25) is 0 Å². The second-order valence-electron chi connectivity index (χ2n) is 35.3. The minimum atomic E-state index is -1.98. The van der Waals surface area contributed by atoms with Crippen molar-refractivity contribution < 1.29 is 89.4 Å². The van der Waals surface area contributed by atoms with Crippen LogP contribution < -0.4 is 5.32 Å². The molecule has 0 aliphatic carbocycles. The summed E-state index contributed by atoms with van der Waals surface area (Å²) in [5, 5.41) is 121. The minimum Gasteiger partial charge on any atom is -0.394 e. The first-order valence-electron chi connectivity index (χ1n) is 48.9. The number of carbonyl (C=O) groups excluding carboxylic acids is 1. The first-order chi connectivity index (χ1) is 55.8. The largest absolute Gasteiger partial charge is 0.394 e. The summed E-state index contributed by atoms with van der Waals surface area (Å²) in [6.07, 6.45) is 68.3. The van der Waals surface area contributed by atoms with E-state index in [2.05, 4.69) is 19.2 Å². The molecule has 0 radical (unpaired) electrons. The fourth-order valence-electron chi connectivity index (χ4n) is 17.1. The first kappa shape index (κ1) is 107. The quantitative estimate of drug-likeness (QED) is 0.0199. The molecule has 0 aromatic heterocycles. The second kappa shape index (κ2) is 75.3. The zero-order valence-corrected chi connectivity index (χ0v) is 73.4. The van der Waals surface area contributed by atoms with Gasteiger partial charge in [-0.2, -0.15) is 0 Å². The van der Waals surface area contributed by atoms with E-state index >= 15 is 0 Å². The van der Waals surface area contributed by atoms with Crippen LogP contribution in [-0.4, -0.2) is 193 Å². The van der Waals surface area contributed by atoms with E-state index in [1.165, 1.54) is 385 Å². The molecule has 3 heterocycles. The molecule has 12 N–H and O–H groups in total. The number of amides is 1. The molecule has 3 saturated heterocycles.